The first-order valence-electron chi connectivity index (χ1n) is 12.8. The van der Waals surface area contributed by atoms with E-state index in [2.05, 4.69) is 38.3 Å². The Morgan fingerprint density at radius 3 is 2.53 bits per heavy atom. The number of carbonyl (C=O) groups excluding carboxylic acids is 1. The van der Waals surface area contributed by atoms with Gasteiger partial charge in [-0.3, -0.25) is 4.79 Å². The van der Waals surface area contributed by atoms with Crippen molar-refractivity contribution in [2.45, 2.75) is 50.0 Å². The van der Waals surface area contributed by atoms with E-state index in [0.717, 1.165) is 57.2 Å². The monoisotopic (exact) mass is 486 g/mol. The summed E-state index contributed by atoms with van der Waals surface area (Å²) >= 11 is 0. The maximum absolute atomic E-state index is 14.9. The first kappa shape index (κ1) is 23.0. The minimum Gasteiger partial charge on any atom is -0.332 e. The number of carbonyl (C=O) groups is 1. The van der Waals surface area contributed by atoms with E-state index in [0.29, 0.717) is 22.9 Å². The summed E-state index contributed by atoms with van der Waals surface area (Å²) in [5, 5.41) is 3.12. The number of anilines is 2. The van der Waals surface area contributed by atoms with Crippen molar-refractivity contribution in [3.8, 4) is 11.3 Å². The van der Waals surface area contributed by atoms with Gasteiger partial charge in [0.1, 0.15) is 11.5 Å². The van der Waals surface area contributed by atoms with Crippen molar-refractivity contribution in [3.05, 3.63) is 65.2 Å². The van der Waals surface area contributed by atoms with E-state index < -0.39 is 5.82 Å². The molecule has 1 aliphatic carbocycles. The normalized spacial score (nSPS) is 19.8. The van der Waals surface area contributed by atoms with Crippen LogP contribution in [-0.4, -0.2) is 57.8 Å². The highest BCUT2D eigenvalue weighted by molar-refractivity contribution is 6.00. The van der Waals surface area contributed by atoms with Gasteiger partial charge < -0.3 is 15.1 Å². The molecule has 3 aromatic rings. The van der Waals surface area contributed by atoms with E-state index in [9.17, 15) is 9.18 Å². The molecule has 0 atom stereocenters. The standard InChI is InChI=1S/C28H31FN6O/c1-34-13-9-18(10-14-34)20-6-8-24(30-16-20)32-27-31-17-23(29)25(33-27)19-5-7-21-22(15-19)28(11-3-4-12-28)35(2)26(21)36/h5-8,15-18H,3-4,9-14H2,1-2H3,(H,30,31,32,33). The van der Waals surface area contributed by atoms with E-state index in [-0.39, 0.29) is 23.1 Å². The predicted octanol–water partition coefficient (Wildman–Crippen LogP) is 5.09. The number of nitrogens with zero attached hydrogens (tertiary/aromatic N) is 5. The van der Waals surface area contributed by atoms with Gasteiger partial charge in [0.15, 0.2) is 5.82 Å². The van der Waals surface area contributed by atoms with Gasteiger partial charge in [0.2, 0.25) is 5.95 Å². The van der Waals surface area contributed by atoms with Crippen molar-refractivity contribution < 1.29 is 9.18 Å². The highest BCUT2D eigenvalue weighted by Crippen LogP contribution is 2.50. The molecule has 2 aromatic heterocycles. The molecule has 7 nitrogen and oxygen atoms in total. The molecule has 1 spiro atoms. The number of hydrogen-bond donors (Lipinski definition) is 1. The number of nitrogens with one attached hydrogen (secondary N) is 1. The first-order valence-corrected chi connectivity index (χ1v) is 12.8. The minimum absolute atomic E-state index is 0.0405. The van der Waals surface area contributed by atoms with Gasteiger partial charge in [-0.05, 0) is 81.1 Å². The van der Waals surface area contributed by atoms with Crippen LogP contribution in [0.15, 0.2) is 42.7 Å². The molecule has 1 N–H and O–H groups in total. The quantitative estimate of drug-likeness (QED) is 0.554. The van der Waals surface area contributed by atoms with Crippen LogP contribution in [0, 0.1) is 5.82 Å². The van der Waals surface area contributed by atoms with Gasteiger partial charge in [-0.2, -0.15) is 0 Å². The third kappa shape index (κ3) is 3.84. The summed E-state index contributed by atoms with van der Waals surface area (Å²) in [5.41, 5.74) is 3.53. The molecule has 186 valence electrons. The van der Waals surface area contributed by atoms with Crippen LogP contribution < -0.4 is 5.32 Å². The van der Waals surface area contributed by atoms with Crippen LogP contribution >= 0.6 is 0 Å². The Morgan fingerprint density at radius 1 is 1.03 bits per heavy atom. The minimum atomic E-state index is -0.496. The second kappa shape index (κ2) is 8.92. The van der Waals surface area contributed by atoms with Crippen molar-refractivity contribution >= 4 is 17.7 Å². The Labute approximate surface area is 210 Å². The zero-order valence-electron chi connectivity index (χ0n) is 20.8. The lowest BCUT2D eigenvalue weighted by Gasteiger charge is -2.33. The van der Waals surface area contributed by atoms with Gasteiger partial charge >= 0.3 is 0 Å². The second-order valence-electron chi connectivity index (χ2n) is 10.4. The van der Waals surface area contributed by atoms with Crippen molar-refractivity contribution in [2.24, 2.45) is 0 Å². The number of rotatable bonds is 4. The molecule has 1 amide bonds. The highest BCUT2D eigenvalue weighted by atomic mass is 19.1. The lowest BCUT2D eigenvalue weighted by atomic mass is 9.86. The molecule has 1 aromatic carbocycles. The average Bonchev–Trinajstić information content (AvgIpc) is 3.47. The van der Waals surface area contributed by atoms with Gasteiger partial charge in [0.25, 0.3) is 5.91 Å². The number of pyridine rings is 1. The number of likely N-dealkylation sites (tertiary alicyclic amines) is 1. The SMILES string of the molecule is CN1CCC(c2ccc(Nc3ncc(F)c(-c4ccc5c(c4)C4(CCCC4)N(C)C5=O)n3)nc2)CC1. The van der Waals surface area contributed by atoms with Crippen LogP contribution in [0.5, 0.6) is 0 Å². The molecule has 1 saturated carbocycles. The smallest absolute Gasteiger partial charge is 0.254 e. The predicted molar refractivity (Wildman–Crippen MR) is 137 cm³/mol. The summed E-state index contributed by atoms with van der Waals surface area (Å²) in [5.74, 6) is 0.985. The largest absolute Gasteiger partial charge is 0.332 e. The summed E-state index contributed by atoms with van der Waals surface area (Å²) < 4.78 is 14.9. The fourth-order valence-corrected chi connectivity index (χ4v) is 6.19. The topological polar surface area (TPSA) is 74.2 Å². The molecule has 2 aliphatic heterocycles. The van der Waals surface area contributed by atoms with Crippen LogP contribution in [0.2, 0.25) is 0 Å². The first-order chi connectivity index (χ1) is 17.4. The molecule has 3 aliphatic rings. The Balaban J connectivity index is 1.26. The lowest BCUT2D eigenvalue weighted by Crippen LogP contribution is -2.38. The second-order valence-corrected chi connectivity index (χ2v) is 10.4. The molecule has 1 saturated heterocycles. The molecule has 36 heavy (non-hydrogen) atoms. The van der Waals surface area contributed by atoms with Crippen LogP contribution in [-0.2, 0) is 5.54 Å². The highest BCUT2D eigenvalue weighted by Gasteiger charge is 2.49. The van der Waals surface area contributed by atoms with Crippen LogP contribution in [0.1, 0.15) is 65.9 Å². The van der Waals surface area contributed by atoms with Crippen LogP contribution in [0.25, 0.3) is 11.3 Å². The van der Waals surface area contributed by atoms with Gasteiger partial charge in [0.05, 0.1) is 11.7 Å². The third-order valence-electron chi connectivity index (χ3n) is 8.36. The van der Waals surface area contributed by atoms with Crippen LogP contribution in [0.3, 0.4) is 0 Å². The Kier molecular flexibility index (Phi) is 5.71. The van der Waals surface area contributed by atoms with Crippen molar-refractivity contribution in [3.63, 3.8) is 0 Å². The summed E-state index contributed by atoms with van der Waals surface area (Å²) in [7, 11) is 4.04. The lowest BCUT2D eigenvalue weighted by molar-refractivity contribution is 0.0642. The van der Waals surface area contributed by atoms with E-state index in [1.165, 1.54) is 11.8 Å². The number of aromatic nitrogens is 3. The summed E-state index contributed by atoms with van der Waals surface area (Å²) in [6.07, 6.45) is 9.42. The Bertz CT molecular complexity index is 1300. The summed E-state index contributed by atoms with van der Waals surface area (Å²) in [4.78, 5) is 30.3. The molecule has 8 heteroatoms. The number of benzene rings is 1. The van der Waals surface area contributed by atoms with Crippen molar-refractivity contribution in [2.75, 3.05) is 32.5 Å². The molecule has 0 bridgehead atoms. The van der Waals surface area contributed by atoms with E-state index in [4.69, 9.17) is 0 Å². The fourth-order valence-electron chi connectivity index (χ4n) is 6.19. The van der Waals surface area contributed by atoms with Crippen molar-refractivity contribution in [1.29, 1.82) is 0 Å². The number of fused-ring (bicyclic) bond motifs is 2. The van der Waals surface area contributed by atoms with Crippen molar-refractivity contribution in [1.82, 2.24) is 24.8 Å². The van der Waals surface area contributed by atoms with Gasteiger partial charge in [0, 0.05) is 24.4 Å². The zero-order valence-corrected chi connectivity index (χ0v) is 20.8. The molecule has 0 unspecified atom stereocenters. The van der Waals surface area contributed by atoms with Gasteiger partial charge in [-0.1, -0.05) is 25.0 Å². The van der Waals surface area contributed by atoms with Gasteiger partial charge in [-0.15, -0.1) is 0 Å². The molecule has 2 fully saturated rings. The molecule has 0 radical (unpaired) electrons. The van der Waals surface area contributed by atoms with Gasteiger partial charge in [-0.25, -0.2) is 19.3 Å². The molecule has 6 rings (SSSR count). The Morgan fingerprint density at radius 2 is 1.81 bits per heavy atom. The number of halogens is 1. The fraction of sp³-hybridized carbons (Fsp3) is 0.429. The number of hydrogen-bond acceptors (Lipinski definition) is 6. The molecular formula is C28H31FN6O. The average molecular weight is 487 g/mol. The maximum Gasteiger partial charge on any atom is 0.254 e. The maximum atomic E-state index is 14.9. The zero-order chi connectivity index (χ0) is 24.9. The number of piperidine rings is 1. The van der Waals surface area contributed by atoms with E-state index in [1.54, 1.807) is 6.07 Å². The third-order valence-corrected chi connectivity index (χ3v) is 8.36. The summed E-state index contributed by atoms with van der Waals surface area (Å²) in [6.45, 7) is 2.20. The molecule has 4 heterocycles. The number of amides is 1. The van der Waals surface area contributed by atoms with E-state index in [1.807, 2.05) is 36.3 Å². The molecular weight excluding hydrogens is 455 g/mol. The van der Waals surface area contributed by atoms with Crippen LogP contribution in [0.4, 0.5) is 16.2 Å². The Hall–Kier alpha value is -3.39. The van der Waals surface area contributed by atoms with E-state index >= 15 is 0 Å². The summed E-state index contributed by atoms with van der Waals surface area (Å²) in [6, 6.07) is 9.58.